The molecule has 188 valence electrons. The Balaban J connectivity index is 1.69. The normalized spacial score (nSPS) is 15.5. The van der Waals surface area contributed by atoms with E-state index in [0.717, 1.165) is 11.1 Å². The summed E-state index contributed by atoms with van der Waals surface area (Å²) in [5.41, 5.74) is 3.26. The fourth-order valence-corrected chi connectivity index (χ4v) is 4.99. The number of anilines is 1. The number of ketones is 1. The number of hydrogen-bond acceptors (Lipinski definition) is 6. The topological polar surface area (TPSA) is 89.2 Å². The Labute approximate surface area is 218 Å². The second-order valence-corrected chi connectivity index (χ2v) is 9.31. The maximum atomic E-state index is 13.9. The Morgan fingerprint density at radius 2 is 1.81 bits per heavy atom. The van der Waals surface area contributed by atoms with Crippen molar-refractivity contribution in [2.75, 3.05) is 19.1 Å². The molecule has 0 saturated heterocycles. The molecular weight excluding hydrogens is 494 g/mol. The van der Waals surface area contributed by atoms with Crippen LogP contribution >= 0.6 is 11.6 Å². The fourth-order valence-electron chi connectivity index (χ4n) is 4.77. The minimum atomic E-state index is -0.921. The highest BCUT2D eigenvalue weighted by molar-refractivity contribution is 6.31. The molecule has 37 heavy (non-hydrogen) atoms. The number of aryl methyl sites for hydroxylation is 2. The van der Waals surface area contributed by atoms with Gasteiger partial charge in [0.15, 0.2) is 22.9 Å². The Morgan fingerprint density at radius 1 is 1.03 bits per heavy atom. The van der Waals surface area contributed by atoms with Crippen LogP contribution in [0.4, 0.5) is 5.69 Å². The molecule has 1 aliphatic rings. The molecule has 0 spiro atoms. The van der Waals surface area contributed by atoms with Gasteiger partial charge in [-0.1, -0.05) is 41.4 Å². The van der Waals surface area contributed by atoms with Crippen LogP contribution in [0.3, 0.4) is 0 Å². The maximum absolute atomic E-state index is 13.9. The smallest absolute Gasteiger partial charge is 0.294 e. The first kappa shape index (κ1) is 24.5. The minimum Gasteiger partial charge on any atom is -0.503 e. The van der Waals surface area contributed by atoms with Crippen molar-refractivity contribution < 1.29 is 28.6 Å². The molecular formula is C29H24ClNO6. The molecule has 1 N–H and O–H groups in total. The van der Waals surface area contributed by atoms with Gasteiger partial charge in [-0.25, -0.2) is 0 Å². The number of nitrogens with zero attached hydrogens (tertiary/aromatic N) is 1. The number of furan rings is 1. The lowest BCUT2D eigenvalue weighted by molar-refractivity contribution is -0.117. The number of benzene rings is 3. The molecule has 0 bridgehead atoms. The zero-order valence-electron chi connectivity index (χ0n) is 20.7. The Bertz CT molecular complexity index is 1600. The minimum absolute atomic E-state index is 0.0553. The average Bonchev–Trinajstić information content (AvgIpc) is 3.42. The summed E-state index contributed by atoms with van der Waals surface area (Å²) in [5.74, 6) is -1.08. The lowest BCUT2D eigenvalue weighted by atomic mass is 9.94. The summed E-state index contributed by atoms with van der Waals surface area (Å²) < 4.78 is 16.6. The third-order valence-electron chi connectivity index (χ3n) is 6.46. The number of rotatable bonds is 6. The van der Waals surface area contributed by atoms with E-state index < -0.39 is 23.5 Å². The predicted molar refractivity (Wildman–Crippen MR) is 141 cm³/mol. The molecule has 1 aromatic heterocycles. The van der Waals surface area contributed by atoms with Crippen molar-refractivity contribution in [1.29, 1.82) is 0 Å². The molecule has 2 heterocycles. The van der Waals surface area contributed by atoms with E-state index in [1.165, 1.54) is 25.2 Å². The van der Waals surface area contributed by atoms with Gasteiger partial charge in [-0.3, -0.25) is 14.5 Å². The highest BCUT2D eigenvalue weighted by atomic mass is 35.5. The molecule has 0 fully saturated rings. The van der Waals surface area contributed by atoms with Gasteiger partial charge in [0.25, 0.3) is 5.91 Å². The number of amides is 1. The van der Waals surface area contributed by atoms with Crippen molar-refractivity contribution in [3.63, 3.8) is 0 Å². The Kier molecular flexibility index (Phi) is 6.17. The van der Waals surface area contributed by atoms with Crippen LogP contribution in [0.5, 0.6) is 11.5 Å². The number of ether oxygens (including phenoxy) is 2. The summed E-state index contributed by atoms with van der Waals surface area (Å²) in [6, 6.07) is 16.5. The first-order valence-electron chi connectivity index (χ1n) is 11.5. The van der Waals surface area contributed by atoms with Crippen molar-refractivity contribution in [2.45, 2.75) is 19.9 Å². The molecule has 7 nitrogen and oxygen atoms in total. The van der Waals surface area contributed by atoms with Crippen LogP contribution < -0.4 is 14.4 Å². The Morgan fingerprint density at radius 3 is 2.51 bits per heavy atom. The van der Waals surface area contributed by atoms with Gasteiger partial charge in [0.2, 0.25) is 5.78 Å². The fraction of sp³-hybridized carbons (Fsp3) is 0.172. The van der Waals surface area contributed by atoms with Crippen LogP contribution in [-0.2, 0) is 4.79 Å². The summed E-state index contributed by atoms with van der Waals surface area (Å²) >= 11 is 6.19. The quantitative estimate of drug-likeness (QED) is 0.293. The number of hydrogen-bond donors (Lipinski definition) is 1. The van der Waals surface area contributed by atoms with E-state index in [4.69, 9.17) is 25.5 Å². The third kappa shape index (κ3) is 4.11. The van der Waals surface area contributed by atoms with Gasteiger partial charge < -0.3 is 19.0 Å². The lowest BCUT2D eigenvalue weighted by Crippen LogP contribution is -2.31. The number of halogens is 1. The highest BCUT2D eigenvalue weighted by Gasteiger charge is 2.46. The summed E-state index contributed by atoms with van der Waals surface area (Å²) in [4.78, 5) is 28.9. The SMILES string of the molecule is COc1cccc(C2C(C(=O)c3cc4cc(Cl)cc(OC)c4o3)=C(O)C(=O)N2c2ccc(C)cc2C)c1. The van der Waals surface area contributed by atoms with Gasteiger partial charge in [-0.05, 0) is 55.3 Å². The standard InChI is InChI=1S/C29H24ClNO6/c1-15-8-9-21(16(2)10-15)31-25(17-6-5-7-20(12-17)35-3)24(27(33)29(31)34)26(32)22-13-18-11-19(30)14-23(36-4)28(18)37-22/h5-14,25,33H,1-4H3. The molecule has 1 unspecified atom stereocenters. The van der Waals surface area contributed by atoms with Crippen molar-refractivity contribution in [2.24, 2.45) is 0 Å². The molecule has 5 rings (SSSR count). The number of aliphatic hydroxyl groups excluding tert-OH is 1. The molecule has 4 aromatic rings. The van der Waals surface area contributed by atoms with Crippen molar-refractivity contribution in [3.8, 4) is 11.5 Å². The van der Waals surface area contributed by atoms with Crippen LogP contribution in [0.2, 0.25) is 5.02 Å². The largest absolute Gasteiger partial charge is 0.503 e. The number of Topliss-reactive ketones (excluding diaryl/α,β-unsaturated/α-hetero) is 1. The van der Waals surface area contributed by atoms with E-state index in [0.29, 0.717) is 38.7 Å². The van der Waals surface area contributed by atoms with Gasteiger partial charge >= 0.3 is 0 Å². The molecule has 1 atom stereocenters. The van der Waals surface area contributed by atoms with Gasteiger partial charge in [0.1, 0.15) is 5.75 Å². The van der Waals surface area contributed by atoms with E-state index >= 15 is 0 Å². The molecule has 1 amide bonds. The van der Waals surface area contributed by atoms with E-state index in [1.54, 1.807) is 36.4 Å². The zero-order chi connectivity index (χ0) is 26.4. The monoisotopic (exact) mass is 517 g/mol. The zero-order valence-corrected chi connectivity index (χ0v) is 21.4. The average molecular weight is 518 g/mol. The summed E-state index contributed by atoms with van der Waals surface area (Å²) in [7, 11) is 3.01. The van der Waals surface area contributed by atoms with E-state index in [-0.39, 0.29) is 11.3 Å². The molecule has 0 saturated carbocycles. The van der Waals surface area contributed by atoms with Crippen LogP contribution in [0.1, 0.15) is 33.3 Å². The van der Waals surface area contributed by atoms with Crippen LogP contribution in [-0.4, -0.2) is 31.0 Å². The summed E-state index contributed by atoms with van der Waals surface area (Å²) in [5, 5.41) is 12.1. The van der Waals surface area contributed by atoms with Crippen LogP contribution in [0, 0.1) is 13.8 Å². The number of aliphatic hydroxyl groups is 1. The summed E-state index contributed by atoms with van der Waals surface area (Å²) in [6.07, 6.45) is 0. The molecule has 0 aliphatic carbocycles. The van der Waals surface area contributed by atoms with Gasteiger partial charge in [0.05, 0.1) is 25.8 Å². The molecule has 8 heteroatoms. The first-order valence-corrected chi connectivity index (χ1v) is 11.9. The second-order valence-electron chi connectivity index (χ2n) is 8.87. The number of carbonyl (C=O) groups is 2. The van der Waals surface area contributed by atoms with E-state index in [1.807, 2.05) is 32.0 Å². The predicted octanol–water partition coefficient (Wildman–Crippen LogP) is 6.50. The van der Waals surface area contributed by atoms with Crippen LogP contribution in [0.15, 0.2) is 76.4 Å². The van der Waals surface area contributed by atoms with Crippen molar-refractivity contribution in [3.05, 3.63) is 99.5 Å². The molecule has 3 aromatic carbocycles. The number of fused-ring (bicyclic) bond motifs is 1. The number of carbonyl (C=O) groups excluding carboxylic acids is 2. The highest BCUT2D eigenvalue weighted by Crippen LogP contribution is 2.44. The maximum Gasteiger partial charge on any atom is 0.294 e. The van der Waals surface area contributed by atoms with Crippen molar-refractivity contribution >= 4 is 39.9 Å². The number of methoxy groups -OCH3 is 2. The van der Waals surface area contributed by atoms with Crippen molar-refractivity contribution in [1.82, 2.24) is 0 Å². The van der Waals surface area contributed by atoms with Gasteiger partial charge in [-0.2, -0.15) is 0 Å². The van der Waals surface area contributed by atoms with E-state index in [2.05, 4.69) is 0 Å². The van der Waals surface area contributed by atoms with Crippen LogP contribution in [0.25, 0.3) is 11.0 Å². The lowest BCUT2D eigenvalue weighted by Gasteiger charge is -2.28. The van der Waals surface area contributed by atoms with Gasteiger partial charge in [-0.15, -0.1) is 0 Å². The van der Waals surface area contributed by atoms with Gasteiger partial charge in [0, 0.05) is 22.2 Å². The Hall–Kier alpha value is -4.23. The second kappa shape index (κ2) is 9.33. The third-order valence-corrected chi connectivity index (χ3v) is 6.68. The summed E-state index contributed by atoms with van der Waals surface area (Å²) in [6.45, 7) is 3.83. The molecule has 1 aliphatic heterocycles. The molecule has 0 radical (unpaired) electrons. The first-order chi connectivity index (χ1) is 17.7. The van der Waals surface area contributed by atoms with E-state index in [9.17, 15) is 14.7 Å².